The van der Waals surface area contributed by atoms with E-state index in [0.29, 0.717) is 0 Å². The third-order valence-electron chi connectivity index (χ3n) is 10.3. The first-order valence-electron chi connectivity index (χ1n) is 21.5. The largest absolute Gasteiger partial charge is 0.507 e. The van der Waals surface area contributed by atoms with Crippen LogP contribution in [0.15, 0.2) is 94.6 Å². The molecule has 12 N–H and O–H groups in total. The number of nitrogens with zero attached hydrogens (tertiary/aromatic N) is 7. The Hall–Kier alpha value is -5.70. The molecule has 3 aromatic heterocycles. The van der Waals surface area contributed by atoms with Gasteiger partial charge in [-0.2, -0.15) is 14.5 Å². The highest BCUT2D eigenvalue weighted by molar-refractivity contribution is 8.14. The number of sulfonamides is 1. The van der Waals surface area contributed by atoms with Crippen LogP contribution >= 0.6 is 35.2 Å². The maximum atomic E-state index is 12.9. The molecule has 2 aromatic carbocycles. The van der Waals surface area contributed by atoms with Crippen molar-refractivity contribution in [1.29, 1.82) is 0 Å². The molecule has 0 aliphatic carbocycles. The molecule has 5 aromatic rings. The number of ether oxygens (including phenoxy) is 1. The molecule has 0 bridgehead atoms. The predicted octanol–water partition coefficient (Wildman–Crippen LogP) is 2.30. The zero-order valence-electron chi connectivity index (χ0n) is 38.9. The van der Waals surface area contributed by atoms with E-state index in [1.807, 2.05) is 0 Å². The molecule has 1 saturated heterocycles. The first-order valence-corrected chi connectivity index (χ1v) is 28.5. The summed E-state index contributed by atoms with van der Waals surface area (Å²) in [5.74, 6) is -1.83. The number of aromatic nitrogens is 5. The van der Waals surface area contributed by atoms with Crippen LogP contribution < -0.4 is 21.1 Å². The van der Waals surface area contributed by atoms with Crippen molar-refractivity contribution in [2.24, 2.45) is 15.6 Å². The second-order valence-corrected chi connectivity index (χ2v) is 23.4. The van der Waals surface area contributed by atoms with Gasteiger partial charge in [0, 0.05) is 36.9 Å². The lowest BCUT2D eigenvalue weighted by molar-refractivity contribution is -0.137. The SMILES string of the molecule is CC(C)(COP(=O)(O)OP(=O)(O)OCC1OC(n2cnc3c(N)ncnc32)C(O)C1OP(=O)(O)O)C(O)C(=O)NCCC(=O)NCCSC(=O)c1cc(N=Nc2ccc(S(=O)(=O)Nc3ccccn3)cc2)ccc1O. The van der Waals surface area contributed by atoms with Gasteiger partial charge in [0.15, 0.2) is 17.7 Å². The molecule has 75 heavy (non-hydrogen) atoms. The number of aliphatic hydroxyl groups excluding tert-OH is 2. The lowest BCUT2D eigenvalue weighted by atomic mass is 9.87. The minimum atomic E-state index is -5.63. The number of nitrogens with one attached hydrogen (secondary N) is 3. The van der Waals surface area contributed by atoms with Crippen LogP contribution in [0.4, 0.5) is 23.0 Å². The molecule has 0 spiro atoms. The summed E-state index contributed by atoms with van der Waals surface area (Å²) >= 11 is 0.765. The van der Waals surface area contributed by atoms with Crippen molar-refractivity contribution >= 4 is 96.4 Å². The van der Waals surface area contributed by atoms with Crippen molar-refractivity contribution in [3.63, 3.8) is 0 Å². The van der Waals surface area contributed by atoms with E-state index in [-0.39, 0.29) is 75.6 Å². The first kappa shape index (κ1) is 58.6. The number of rotatable bonds is 25. The molecule has 7 atom stereocenters. The minimum Gasteiger partial charge on any atom is -0.507 e. The third kappa shape index (κ3) is 16.4. The molecular weight excluding hydrogens is 1100 g/mol. The number of azo groups is 1. The number of carbonyl (C=O) groups is 3. The lowest BCUT2D eigenvalue weighted by Gasteiger charge is -2.30. The maximum Gasteiger partial charge on any atom is 0.481 e. The van der Waals surface area contributed by atoms with Crippen molar-refractivity contribution in [1.82, 2.24) is 35.1 Å². The first-order chi connectivity index (χ1) is 35.1. The van der Waals surface area contributed by atoms with Crippen LogP contribution in [-0.4, -0.2) is 141 Å². The summed E-state index contributed by atoms with van der Waals surface area (Å²) in [6.45, 7) is -0.00694. The van der Waals surface area contributed by atoms with Crippen molar-refractivity contribution in [3.05, 3.63) is 85.1 Å². The van der Waals surface area contributed by atoms with E-state index in [2.05, 4.69) is 54.4 Å². The number of phosphoric acid groups is 3. The highest BCUT2D eigenvalue weighted by Gasteiger charge is 2.50. The quantitative estimate of drug-likeness (QED) is 0.0227. The van der Waals surface area contributed by atoms with E-state index in [0.717, 1.165) is 29.0 Å². The van der Waals surface area contributed by atoms with Crippen molar-refractivity contribution in [2.45, 2.75) is 55.8 Å². The van der Waals surface area contributed by atoms with Gasteiger partial charge in [-0.15, -0.1) is 0 Å². The number of phenols is 1. The Kier molecular flexibility index (Phi) is 19.2. The summed E-state index contributed by atoms with van der Waals surface area (Å²) in [6, 6.07) is 14.1. The Morgan fingerprint density at radius 2 is 1.63 bits per heavy atom. The molecule has 4 heterocycles. The van der Waals surface area contributed by atoms with E-state index in [1.54, 1.807) is 12.1 Å². The summed E-state index contributed by atoms with van der Waals surface area (Å²) in [4.78, 5) is 93.3. The average Bonchev–Trinajstić information content (AvgIpc) is 3.91. The molecule has 1 aliphatic rings. The Morgan fingerprint density at radius 1 is 0.933 bits per heavy atom. The smallest absolute Gasteiger partial charge is 0.481 e. The van der Waals surface area contributed by atoms with Crippen LogP contribution in [0.2, 0.25) is 0 Å². The average molecular weight is 1150 g/mol. The van der Waals surface area contributed by atoms with E-state index in [1.165, 1.54) is 68.6 Å². The van der Waals surface area contributed by atoms with Gasteiger partial charge in [-0.25, -0.2) is 42.0 Å². The molecule has 31 nitrogen and oxygen atoms in total. The van der Waals surface area contributed by atoms with Crippen LogP contribution in [0.3, 0.4) is 0 Å². The van der Waals surface area contributed by atoms with Gasteiger partial charge in [0.1, 0.15) is 47.8 Å². The molecule has 36 heteroatoms. The molecule has 0 radical (unpaired) electrons. The van der Waals surface area contributed by atoms with Crippen molar-refractivity contribution < 1.29 is 94.0 Å². The monoisotopic (exact) mass is 1150 g/mol. The Balaban J connectivity index is 0.898. The molecule has 0 saturated carbocycles. The number of thioether (sulfide) groups is 1. The van der Waals surface area contributed by atoms with Gasteiger partial charge < -0.3 is 56.0 Å². The summed E-state index contributed by atoms with van der Waals surface area (Å²) in [6.07, 6.45) is -5.84. The number of hydrogen-bond donors (Lipinski definition) is 11. The number of phenolic OH excluding ortho intramolecular Hbond substituents is 1. The van der Waals surface area contributed by atoms with Gasteiger partial charge in [-0.05, 0) is 54.6 Å². The van der Waals surface area contributed by atoms with Gasteiger partial charge in [0.2, 0.25) is 16.9 Å². The summed E-state index contributed by atoms with van der Waals surface area (Å²) < 4.78 is 90.2. The van der Waals surface area contributed by atoms with E-state index in [4.69, 9.17) is 19.5 Å². The Morgan fingerprint density at radius 3 is 2.32 bits per heavy atom. The fourth-order valence-electron chi connectivity index (χ4n) is 6.53. The number of benzene rings is 2. The van der Waals surface area contributed by atoms with Gasteiger partial charge in [-0.3, -0.25) is 37.2 Å². The number of anilines is 2. The van der Waals surface area contributed by atoms with Crippen LogP contribution in [0.25, 0.3) is 11.2 Å². The number of aliphatic hydroxyl groups is 2. The number of carbonyl (C=O) groups excluding carboxylic acids is 3. The highest BCUT2D eigenvalue weighted by atomic mass is 32.2. The normalized spacial score (nSPS) is 19.3. The number of hydrogen-bond acceptors (Lipinski definition) is 24. The highest BCUT2D eigenvalue weighted by Crippen LogP contribution is 2.61. The van der Waals surface area contributed by atoms with Gasteiger partial charge in [-0.1, -0.05) is 31.7 Å². The molecule has 1 fully saturated rings. The van der Waals surface area contributed by atoms with E-state index in [9.17, 15) is 71.4 Å². The standard InChI is InChI=1S/C39H48N11O20P3S2/c1-39(2,19-67-73(62,63)70-72(60,61)66-18-27-32(69-71(57,58)59)31(53)37(68-27)50-21-46-30-34(40)44-20-45-35(30)50)33(54)36(55)43-14-12-29(52)42-15-16-74-38(56)25-17-23(8-11-26(25)51)48-47-22-6-9-24(10-7-22)75(64,65)49-28-5-3-4-13-41-28/h3-11,13,17,20-21,27,31-33,37,51,53-54H,12,14-16,18-19H2,1-2H3,(H,41,49)(H,42,52)(H,43,55)(H,60,61)(H,62,63)(H2,40,44,45)(H2,57,58,59). The number of fused-ring (bicyclic) bond motifs is 1. The minimum absolute atomic E-state index is 0.00893. The van der Waals surface area contributed by atoms with Gasteiger partial charge in [0.25, 0.3) is 10.0 Å². The fraction of sp³-hybridized carbons (Fsp3) is 0.359. The summed E-state index contributed by atoms with van der Waals surface area (Å²) in [7, 11) is -20.5. The van der Waals surface area contributed by atoms with E-state index < -0.39 is 99.7 Å². The lowest BCUT2D eigenvalue weighted by Crippen LogP contribution is -2.46. The van der Waals surface area contributed by atoms with Crippen LogP contribution in [0.5, 0.6) is 5.75 Å². The Labute approximate surface area is 428 Å². The van der Waals surface area contributed by atoms with Crippen LogP contribution in [0.1, 0.15) is 36.9 Å². The zero-order valence-corrected chi connectivity index (χ0v) is 43.3. The second kappa shape index (κ2) is 24.5. The molecular formula is C39H48N11O20P3S2. The number of imidazole rings is 1. The zero-order chi connectivity index (χ0) is 54.9. The van der Waals surface area contributed by atoms with Gasteiger partial charge in [0.05, 0.1) is 41.4 Å². The Bertz CT molecular complexity index is 3160. The number of nitrogens with two attached hydrogens (primary N) is 1. The third-order valence-corrected chi connectivity index (χ3v) is 15.6. The summed E-state index contributed by atoms with van der Waals surface area (Å²) in [5, 5.41) is 44.4. The second-order valence-electron chi connectivity index (χ2n) is 16.4. The van der Waals surface area contributed by atoms with Gasteiger partial charge >= 0.3 is 23.5 Å². The summed E-state index contributed by atoms with van der Waals surface area (Å²) in [5.41, 5.74) is 4.54. The van der Waals surface area contributed by atoms with Crippen LogP contribution in [0, 0.1) is 5.41 Å². The number of amides is 2. The molecule has 2 amide bonds. The predicted molar refractivity (Wildman–Crippen MR) is 260 cm³/mol. The molecule has 7 unspecified atom stereocenters. The van der Waals surface area contributed by atoms with Crippen molar-refractivity contribution in [2.75, 3.05) is 42.5 Å². The fourth-order valence-corrected chi connectivity index (χ4v) is 11.1. The molecule has 406 valence electrons. The maximum absolute atomic E-state index is 12.9. The topological polar surface area (TPSA) is 468 Å². The van der Waals surface area contributed by atoms with E-state index >= 15 is 0 Å². The van der Waals surface area contributed by atoms with Crippen molar-refractivity contribution in [3.8, 4) is 5.75 Å². The molecule has 1 aliphatic heterocycles. The number of phosphoric ester groups is 3. The number of nitrogen functional groups attached to an aromatic ring is 1. The number of aromatic hydroxyl groups is 1. The van der Waals surface area contributed by atoms with Crippen LogP contribution in [-0.2, 0) is 55.9 Å². The number of pyridine rings is 1. The molecule has 6 rings (SSSR count).